The summed E-state index contributed by atoms with van der Waals surface area (Å²) in [4.78, 5) is 22.5. The lowest BCUT2D eigenvalue weighted by Crippen LogP contribution is -2.34. The van der Waals surface area contributed by atoms with Crippen LogP contribution >= 0.6 is 34.8 Å². The van der Waals surface area contributed by atoms with Gasteiger partial charge >= 0.3 is 0 Å². The summed E-state index contributed by atoms with van der Waals surface area (Å²) in [6.07, 6.45) is 0. The summed E-state index contributed by atoms with van der Waals surface area (Å²) in [7, 11) is 0. The summed E-state index contributed by atoms with van der Waals surface area (Å²) < 4.78 is 0.991. The molecule has 2 aromatic rings. The summed E-state index contributed by atoms with van der Waals surface area (Å²) in [5.74, 6) is -0.315. The quantitative estimate of drug-likeness (QED) is 0.317. The van der Waals surface area contributed by atoms with Crippen LogP contribution in [0.5, 0.6) is 0 Å². The molecule has 2 N–H and O–H groups in total. The zero-order chi connectivity index (χ0) is 17.9. The van der Waals surface area contributed by atoms with Crippen LogP contribution in [0.1, 0.15) is 21.5 Å². The number of thiocarbonyl (C=S) groups is 1. The molecule has 0 atom stereocenters. The van der Waals surface area contributed by atoms with Gasteiger partial charge in [-0.1, -0.05) is 6.07 Å². The highest BCUT2D eigenvalue weighted by Crippen LogP contribution is 2.21. The maximum Gasteiger partial charge on any atom is 0.269 e. The lowest BCUT2D eigenvalue weighted by atomic mass is 10.1. The number of hydrogen-bond acceptors (Lipinski definition) is 4. The van der Waals surface area contributed by atoms with Gasteiger partial charge in [0, 0.05) is 27.0 Å². The molecule has 0 fully saturated rings. The van der Waals surface area contributed by atoms with E-state index in [0.717, 1.165) is 9.13 Å². The van der Waals surface area contributed by atoms with Crippen LogP contribution in [0.4, 0.5) is 11.4 Å². The molecule has 0 radical (unpaired) electrons. The van der Waals surface area contributed by atoms with Crippen LogP contribution in [-0.2, 0) is 0 Å². The average molecular weight is 455 g/mol. The Morgan fingerprint density at radius 1 is 1.17 bits per heavy atom. The van der Waals surface area contributed by atoms with E-state index in [1.165, 1.54) is 12.1 Å². The van der Waals surface area contributed by atoms with Crippen LogP contribution < -0.4 is 10.6 Å². The van der Waals surface area contributed by atoms with Gasteiger partial charge in [0.1, 0.15) is 0 Å². The highest BCUT2D eigenvalue weighted by Gasteiger charge is 2.12. The van der Waals surface area contributed by atoms with Crippen molar-refractivity contribution in [1.29, 1.82) is 0 Å². The second kappa shape index (κ2) is 7.67. The maximum atomic E-state index is 12.2. The molecular formula is C16H14IN3O3S. The van der Waals surface area contributed by atoms with Crippen molar-refractivity contribution in [1.82, 2.24) is 5.32 Å². The third kappa shape index (κ3) is 4.48. The van der Waals surface area contributed by atoms with Gasteiger partial charge in [0.15, 0.2) is 5.11 Å². The molecule has 1 amide bonds. The number of halogens is 1. The lowest BCUT2D eigenvalue weighted by Gasteiger charge is -2.12. The van der Waals surface area contributed by atoms with E-state index in [1.807, 2.05) is 13.0 Å². The molecule has 0 aromatic heterocycles. The van der Waals surface area contributed by atoms with Crippen LogP contribution in [-0.4, -0.2) is 15.9 Å². The third-order valence-electron chi connectivity index (χ3n) is 3.33. The van der Waals surface area contributed by atoms with Crippen molar-refractivity contribution in [2.24, 2.45) is 0 Å². The predicted octanol–water partition coefficient (Wildman–Crippen LogP) is 3.94. The number of rotatable bonds is 3. The van der Waals surface area contributed by atoms with Crippen LogP contribution in [0.15, 0.2) is 36.4 Å². The SMILES string of the molecule is Cc1ccc(C(=O)NC(=S)Nc2ccc([N+](=O)[O-])cc2C)cc1I. The number of carbonyl (C=O) groups is 1. The molecule has 24 heavy (non-hydrogen) atoms. The van der Waals surface area contributed by atoms with E-state index in [9.17, 15) is 14.9 Å². The van der Waals surface area contributed by atoms with Gasteiger partial charge in [-0.25, -0.2) is 0 Å². The molecule has 0 saturated carbocycles. The second-order valence-electron chi connectivity index (χ2n) is 5.13. The molecule has 0 aliphatic heterocycles. The lowest BCUT2D eigenvalue weighted by molar-refractivity contribution is -0.384. The number of anilines is 1. The second-order valence-corrected chi connectivity index (χ2v) is 6.70. The van der Waals surface area contributed by atoms with E-state index in [0.29, 0.717) is 16.8 Å². The maximum absolute atomic E-state index is 12.2. The molecule has 124 valence electrons. The minimum atomic E-state index is -0.462. The Morgan fingerprint density at radius 2 is 1.88 bits per heavy atom. The molecule has 8 heteroatoms. The van der Waals surface area contributed by atoms with Gasteiger partial charge in [0.05, 0.1) is 4.92 Å². The van der Waals surface area contributed by atoms with Gasteiger partial charge in [-0.2, -0.15) is 0 Å². The number of nitrogens with one attached hydrogen (secondary N) is 2. The van der Waals surface area contributed by atoms with Crippen molar-refractivity contribution in [2.45, 2.75) is 13.8 Å². The van der Waals surface area contributed by atoms with Crippen molar-refractivity contribution in [3.8, 4) is 0 Å². The number of amides is 1. The number of non-ortho nitro benzene ring substituents is 1. The topological polar surface area (TPSA) is 84.3 Å². The summed E-state index contributed by atoms with van der Waals surface area (Å²) >= 11 is 7.30. The van der Waals surface area contributed by atoms with Crippen LogP contribution in [0.3, 0.4) is 0 Å². The first kappa shape index (κ1) is 18.3. The Hall–Kier alpha value is -2.07. The Balaban J connectivity index is 2.06. The number of nitrogens with zero attached hydrogens (tertiary/aromatic N) is 1. The number of nitro groups is 1. The number of carbonyl (C=O) groups excluding carboxylic acids is 1. The highest BCUT2D eigenvalue weighted by atomic mass is 127. The molecule has 0 heterocycles. The Labute approximate surface area is 157 Å². The summed E-state index contributed by atoms with van der Waals surface area (Å²) in [5, 5.41) is 16.4. The van der Waals surface area contributed by atoms with Crippen LogP contribution in [0.25, 0.3) is 0 Å². The summed E-state index contributed by atoms with van der Waals surface area (Å²) in [6.45, 7) is 3.69. The fourth-order valence-electron chi connectivity index (χ4n) is 1.96. The first-order chi connectivity index (χ1) is 11.3. The van der Waals surface area contributed by atoms with Gasteiger partial charge in [-0.15, -0.1) is 0 Å². The monoisotopic (exact) mass is 455 g/mol. The predicted molar refractivity (Wildman–Crippen MR) is 105 cm³/mol. The van der Waals surface area contributed by atoms with Crippen molar-refractivity contribution in [3.05, 3.63) is 66.8 Å². The minimum absolute atomic E-state index is 0.00207. The molecule has 2 aromatic carbocycles. The van der Waals surface area contributed by atoms with E-state index in [1.54, 1.807) is 25.1 Å². The molecule has 0 aliphatic rings. The molecule has 0 saturated heterocycles. The molecule has 6 nitrogen and oxygen atoms in total. The number of hydrogen-bond donors (Lipinski definition) is 2. The molecular weight excluding hydrogens is 441 g/mol. The first-order valence-electron chi connectivity index (χ1n) is 6.91. The minimum Gasteiger partial charge on any atom is -0.332 e. The number of benzene rings is 2. The highest BCUT2D eigenvalue weighted by molar-refractivity contribution is 14.1. The average Bonchev–Trinajstić information content (AvgIpc) is 2.51. The van der Waals surface area contributed by atoms with E-state index < -0.39 is 4.92 Å². The zero-order valence-corrected chi connectivity index (χ0v) is 15.9. The van der Waals surface area contributed by atoms with Crippen molar-refractivity contribution >= 4 is 57.2 Å². The van der Waals surface area contributed by atoms with Gasteiger partial charge in [0.25, 0.3) is 11.6 Å². The smallest absolute Gasteiger partial charge is 0.269 e. The van der Waals surface area contributed by atoms with Crippen molar-refractivity contribution in [3.63, 3.8) is 0 Å². The van der Waals surface area contributed by atoms with E-state index in [4.69, 9.17) is 12.2 Å². The van der Waals surface area contributed by atoms with Crippen LogP contribution in [0, 0.1) is 27.5 Å². The third-order valence-corrected chi connectivity index (χ3v) is 4.70. The molecule has 2 rings (SSSR count). The van der Waals surface area contributed by atoms with Crippen molar-refractivity contribution in [2.75, 3.05) is 5.32 Å². The van der Waals surface area contributed by atoms with Crippen LogP contribution in [0.2, 0.25) is 0 Å². The van der Waals surface area contributed by atoms with E-state index in [-0.39, 0.29) is 16.7 Å². The van der Waals surface area contributed by atoms with E-state index >= 15 is 0 Å². The van der Waals surface area contributed by atoms with Gasteiger partial charge < -0.3 is 5.32 Å². The standard InChI is InChI=1S/C16H14IN3O3S/c1-9-3-4-11(8-13(9)17)15(21)19-16(24)18-14-6-5-12(20(22)23)7-10(14)2/h3-8H,1-2H3,(H2,18,19,21,24). The zero-order valence-electron chi connectivity index (χ0n) is 12.9. The molecule has 0 unspecified atom stereocenters. The Kier molecular flexibility index (Phi) is 5.84. The molecule has 0 spiro atoms. The number of aryl methyl sites for hydroxylation is 2. The fraction of sp³-hybridized carbons (Fsp3) is 0.125. The summed E-state index contributed by atoms with van der Waals surface area (Å²) in [5.41, 5.74) is 2.86. The normalized spacial score (nSPS) is 10.1. The summed E-state index contributed by atoms with van der Waals surface area (Å²) in [6, 6.07) is 9.75. The Morgan fingerprint density at radius 3 is 2.46 bits per heavy atom. The van der Waals surface area contributed by atoms with Gasteiger partial charge in [0.2, 0.25) is 0 Å². The Bertz CT molecular complexity index is 839. The largest absolute Gasteiger partial charge is 0.332 e. The molecule has 0 aliphatic carbocycles. The number of nitro benzene ring substituents is 1. The first-order valence-corrected chi connectivity index (χ1v) is 8.40. The van der Waals surface area contributed by atoms with Gasteiger partial charge in [-0.3, -0.25) is 20.2 Å². The van der Waals surface area contributed by atoms with Gasteiger partial charge in [-0.05, 0) is 78.0 Å². The fourth-order valence-corrected chi connectivity index (χ4v) is 2.68. The van der Waals surface area contributed by atoms with E-state index in [2.05, 4.69) is 33.2 Å². The molecule has 0 bridgehead atoms. The van der Waals surface area contributed by atoms with Crippen molar-refractivity contribution < 1.29 is 9.72 Å².